The third-order valence-corrected chi connectivity index (χ3v) is 1.79. The van der Waals surface area contributed by atoms with Gasteiger partial charge in [0.1, 0.15) is 5.82 Å². The lowest BCUT2D eigenvalue weighted by molar-refractivity contribution is 0.145. The summed E-state index contributed by atoms with van der Waals surface area (Å²) in [5, 5.41) is 0. The van der Waals surface area contributed by atoms with Crippen molar-refractivity contribution in [3.63, 3.8) is 0 Å². The average Bonchev–Trinajstić information content (AvgIpc) is 2.04. The van der Waals surface area contributed by atoms with Crippen LogP contribution in [0.2, 0.25) is 0 Å². The summed E-state index contributed by atoms with van der Waals surface area (Å²) in [5.41, 5.74) is 4.91. The Morgan fingerprint density at radius 1 is 1.54 bits per heavy atom. The molecule has 0 aliphatic heterocycles. The van der Waals surface area contributed by atoms with Crippen molar-refractivity contribution in [2.24, 2.45) is 5.73 Å². The highest BCUT2D eigenvalue weighted by atomic mass is 19.3. The van der Waals surface area contributed by atoms with Gasteiger partial charge in [0.25, 0.3) is 6.43 Å². The van der Waals surface area contributed by atoms with Crippen LogP contribution in [0.4, 0.5) is 13.2 Å². The first-order chi connectivity index (χ1) is 6.07. The number of aryl methyl sites for hydroxylation is 1. The number of halogens is 3. The summed E-state index contributed by atoms with van der Waals surface area (Å²) in [5.74, 6) is -0.940. The predicted octanol–water partition coefficient (Wildman–Crippen LogP) is 1.93. The number of nitrogens with two attached hydrogens (primary N) is 1. The van der Waals surface area contributed by atoms with Gasteiger partial charge in [0.15, 0.2) is 0 Å². The van der Waals surface area contributed by atoms with Crippen LogP contribution in [0.1, 0.15) is 23.2 Å². The van der Waals surface area contributed by atoms with Gasteiger partial charge >= 0.3 is 0 Å². The van der Waals surface area contributed by atoms with Gasteiger partial charge in [-0.25, -0.2) is 13.2 Å². The van der Waals surface area contributed by atoms with Gasteiger partial charge in [-0.15, -0.1) is 0 Å². The molecule has 0 spiro atoms. The lowest BCUT2D eigenvalue weighted by Crippen LogP contribution is -2.07. The fraction of sp³-hybridized carbons (Fsp3) is 0.375. The fourth-order valence-corrected chi connectivity index (χ4v) is 1.02. The van der Waals surface area contributed by atoms with Crippen LogP contribution in [0.5, 0.6) is 0 Å². The molecular formula is C8H9F3N2. The Hall–Kier alpha value is -1.10. The van der Waals surface area contributed by atoms with Crippen molar-refractivity contribution in [2.45, 2.75) is 19.9 Å². The second kappa shape index (κ2) is 3.74. The van der Waals surface area contributed by atoms with Crippen LogP contribution in [0.25, 0.3) is 0 Å². The molecule has 1 aromatic heterocycles. The van der Waals surface area contributed by atoms with Crippen LogP contribution in [0.15, 0.2) is 6.20 Å². The highest BCUT2D eigenvalue weighted by Crippen LogP contribution is 2.24. The Labute approximate surface area is 73.6 Å². The number of aromatic nitrogens is 1. The summed E-state index contributed by atoms with van der Waals surface area (Å²) in [7, 11) is 0. The Kier molecular flexibility index (Phi) is 2.87. The minimum Gasteiger partial charge on any atom is -0.326 e. The van der Waals surface area contributed by atoms with E-state index >= 15 is 0 Å². The summed E-state index contributed by atoms with van der Waals surface area (Å²) in [6.07, 6.45) is -2.01. The van der Waals surface area contributed by atoms with Crippen molar-refractivity contribution in [1.29, 1.82) is 0 Å². The molecule has 0 bridgehead atoms. The fourth-order valence-electron chi connectivity index (χ4n) is 1.02. The molecule has 0 atom stereocenters. The summed E-state index contributed by atoms with van der Waals surface area (Å²) < 4.78 is 37.5. The van der Waals surface area contributed by atoms with Gasteiger partial charge in [-0.1, -0.05) is 0 Å². The molecule has 0 fully saturated rings. The second-order valence-electron chi connectivity index (χ2n) is 2.60. The molecule has 1 rings (SSSR count). The maximum absolute atomic E-state index is 13.2. The minimum atomic E-state index is -2.85. The molecule has 1 heterocycles. The van der Waals surface area contributed by atoms with Crippen molar-refractivity contribution in [1.82, 2.24) is 4.98 Å². The number of nitrogens with zero attached hydrogens (tertiary/aromatic N) is 1. The molecule has 0 aliphatic carbocycles. The Bertz CT molecular complexity index is 313. The number of pyridine rings is 1. The molecule has 0 amide bonds. The first-order valence-corrected chi connectivity index (χ1v) is 3.70. The monoisotopic (exact) mass is 190 g/mol. The number of hydrogen-bond donors (Lipinski definition) is 1. The smallest absolute Gasteiger partial charge is 0.268 e. The van der Waals surface area contributed by atoms with Gasteiger partial charge in [0.2, 0.25) is 0 Å². The molecule has 13 heavy (non-hydrogen) atoms. The quantitative estimate of drug-likeness (QED) is 0.773. The van der Waals surface area contributed by atoms with E-state index in [-0.39, 0.29) is 12.1 Å². The van der Waals surface area contributed by atoms with E-state index in [1.807, 2.05) is 0 Å². The van der Waals surface area contributed by atoms with E-state index in [2.05, 4.69) is 4.98 Å². The lowest BCUT2D eigenvalue weighted by Gasteiger charge is -2.07. The van der Waals surface area contributed by atoms with Gasteiger partial charge in [0.05, 0.1) is 5.56 Å². The lowest BCUT2D eigenvalue weighted by atomic mass is 10.1. The van der Waals surface area contributed by atoms with Crippen molar-refractivity contribution in [2.75, 3.05) is 0 Å². The van der Waals surface area contributed by atoms with E-state index in [9.17, 15) is 13.2 Å². The van der Waals surface area contributed by atoms with Crippen LogP contribution in [0.3, 0.4) is 0 Å². The van der Waals surface area contributed by atoms with E-state index in [1.54, 1.807) is 0 Å². The van der Waals surface area contributed by atoms with Crippen molar-refractivity contribution >= 4 is 0 Å². The highest BCUT2D eigenvalue weighted by Gasteiger charge is 2.17. The predicted molar refractivity (Wildman–Crippen MR) is 41.8 cm³/mol. The number of hydrogen-bond acceptors (Lipinski definition) is 2. The van der Waals surface area contributed by atoms with Gasteiger partial charge < -0.3 is 5.73 Å². The molecule has 1 aromatic rings. The van der Waals surface area contributed by atoms with Crippen LogP contribution < -0.4 is 5.73 Å². The molecule has 0 aliphatic rings. The van der Waals surface area contributed by atoms with Crippen molar-refractivity contribution in [3.8, 4) is 0 Å². The first-order valence-electron chi connectivity index (χ1n) is 3.70. The number of alkyl halides is 2. The second-order valence-corrected chi connectivity index (χ2v) is 2.60. The molecule has 0 radical (unpaired) electrons. The zero-order valence-corrected chi connectivity index (χ0v) is 7.02. The molecule has 0 unspecified atom stereocenters. The van der Waals surface area contributed by atoms with Gasteiger partial charge in [-0.2, -0.15) is 0 Å². The Balaban J connectivity index is 3.27. The van der Waals surface area contributed by atoms with Crippen molar-refractivity contribution in [3.05, 3.63) is 28.8 Å². The normalized spacial score (nSPS) is 10.9. The highest BCUT2D eigenvalue weighted by molar-refractivity contribution is 5.27. The summed E-state index contributed by atoms with van der Waals surface area (Å²) in [4.78, 5) is 3.63. The summed E-state index contributed by atoms with van der Waals surface area (Å²) in [6, 6.07) is 0. The number of rotatable bonds is 2. The third-order valence-electron chi connectivity index (χ3n) is 1.79. The average molecular weight is 190 g/mol. The zero-order chi connectivity index (χ0) is 10.0. The van der Waals surface area contributed by atoms with E-state index < -0.39 is 17.8 Å². The topological polar surface area (TPSA) is 38.9 Å². The Morgan fingerprint density at radius 3 is 2.62 bits per heavy atom. The Morgan fingerprint density at radius 2 is 2.15 bits per heavy atom. The van der Waals surface area contributed by atoms with Gasteiger partial charge in [0, 0.05) is 24.0 Å². The molecule has 2 nitrogen and oxygen atoms in total. The molecule has 0 saturated heterocycles. The van der Waals surface area contributed by atoms with E-state index in [1.165, 1.54) is 6.92 Å². The van der Waals surface area contributed by atoms with Crippen LogP contribution in [-0.4, -0.2) is 4.98 Å². The molecular weight excluding hydrogens is 181 g/mol. The molecule has 5 heteroatoms. The molecule has 0 saturated carbocycles. The standard InChI is InChI=1S/C8H9F3N2/c1-4-5(2-12)7(9)6(3-13-4)8(10)11/h3,8H,2,12H2,1H3. The minimum absolute atomic E-state index is 0.0535. The van der Waals surface area contributed by atoms with Crippen molar-refractivity contribution < 1.29 is 13.2 Å². The largest absolute Gasteiger partial charge is 0.326 e. The van der Waals surface area contributed by atoms with Gasteiger partial charge in [-0.05, 0) is 6.92 Å². The molecule has 2 N–H and O–H groups in total. The summed E-state index contributed by atoms with van der Waals surface area (Å²) >= 11 is 0. The van der Waals surface area contributed by atoms with Crippen LogP contribution in [0, 0.1) is 12.7 Å². The maximum Gasteiger partial charge on any atom is 0.268 e. The first kappa shape index (κ1) is 9.98. The summed E-state index contributed by atoms with van der Waals surface area (Å²) in [6.45, 7) is 1.41. The third kappa shape index (κ3) is 1.80. The van der Waals surface area contributed by atoms with Crippen LogP contribution >= 0.6 is 0 Å². The van der Waals surface area contributed by atoms with Crippen LogP contribution in [-0.2, 0) is 6.54 Å². The molecule has 0 aromatic carbocycles. The SMILES string of the molecule is Cc1ncc(C(F)F)c(F)c1CN. The maximum atomic E-state index is 13.2. The van der Waals surface area contributed by atoms with Gasteiger partial charge in [-0.3, -0.25) is 4.98 Å². The zero-order valence-electron chi connectivity index (χ0n) is 7.02. The van der Waals surface area contributed by atoms with E-state index in [4.69, 9.17) is 5.73 Å². The molecule has 72 valence electrons. The van der Waals surface area contributed by atoms with E-state index in [0.29, 0.717) is 5.69 Å². The van der Waals surface area contributed by atoms with E-state index in [0.717, 1.165) is 6.20 Å².